The molecule has 2 rings (SSSR count). The van der Waals surface area contributed by atoms with E-state index in [-0.39, 0.29) is 5.91 Å². The van der Waals surface area contributed by atoms with E-state index < -0.39 is 0 Å². The topological polar surface area (TPSA) is 53.6 Å². The molecule has 0 spiro atoms. The van der Waals surface area contributed by atoms with E-state index in [0.29, 0.717) is 29.4 Å². The van der Waals surface area contributed by atoms with Crippen molar-refractivity contribution >= 4 is 34.6 Å². The normalized spacial score (nSPS) is 10.2. The summed E-state index contributed by atoms with van der Waals surface area (Å²) in [5.74, 6) is 0.506. The molecule has 0 aliphatic rings. The highest BCUT2D eigenvalue weighted by Crippen LogP contribution is 2.27. The van der Waals surface area contributed by atoms with Gasteiger partial charge in [0.2, 0.25) is 5.91 Å². The molecule has 24 heavy (non-hydrogen) atoms. The smallest absolute Gasteiger partial charge is 0.226 e. The SMILES string of the molecule is COc1ccc(NC(=O)CCNc2ccc(N(C)C)cc2)cc1Cl. The third-order valence-electron chi connectivity index (χ3n) is 3.50. The molecule has 2 aromatic carbocycles. The standard InChI is InChI=1S/C18H22ClN3O2/c1-22(2)15-7-4-13(5-8-15)20-11-10-18(23)21-14-6-9-17(24-3)16(19)12-14/h4-9,12,20H,10-11H2,1-3H3,(H,21,23). The molecule has 0 fully saturated rings. The van der Waals surface area contributed by atoms with Crippen LogP contribution < -0.4 is 20.3 Å². The minimum atomic E-state index is -0.0753. The molecule has 0 aromatic heterocycles. The van der Waals surface area contributed by atoms with Gasteiger partial charge in [0, 0.05) is 44.1 Å². The number of carbonyl (C=O) groups is 1. The van der Waals surface area contributed by atoms with Crippen molar-refractivity contribution in [3.8, 4) is 5.75 Å². The number of ether oxygens (including phenoxy) is 1. The van der Waals surface area contributed by atoms with Crippen LogP contribution in [0.1, 0.15) is 6.42 Å². The summed E-state index contributed by atoms with van der Waals surface area (Å²) in [7, 11) is 5.55. The number of methoxy groups -OCH3 is 1. The quantitative estimate of drug-likeness (QED) is 0.798. The number of rotatable bonds is 7. The number of hydrogen-bond donors (Lipinski definition) is 2. The number of nitrogens with zero attached hydrogens (tertiary/aromatic N) is 1. The van der Waals surface area contributed by atoms with Crippen molar-refractivity contribution in [2.45, 2.75) is 6.42 Å². The van der Waals surface area contributed by atoms with E-state index in [9.17, 15) is 4.79 Å². The van der Waals surface area contributed by atoms with Gasteiger partial charge in [0.1, 0.15) is 5.75 Å². The van der Waals surface area contributed by atoms with Crippen molar-refractivity contribution in [1.29, 1.82) is 0 Å². The number of carbonyl (C=O) groups excluding carboxylic acids is 1. The highest BCUT2D eigenvalue weighted by molar-refractivity contribution is 6.32. The number of benzene rings is 2. The summed E-state index contributed by atoms with van der Waals surface area (Å²) in [6.45, 7) is 0.553. The first-order valence-electron chi connectivity index (χ1n) is 7.64. The zero-order valence-electron chi connectivity index (χ0n) is 14.1. The second-order valence-corrected chi connectivity index (χ2v) is 5.92. The van der Waals surface area contributed by atoms with Crippen LogP contribution in [0.15, 0.2) is 42.5 Å². The van der Waals surface area contributed by atoms with Crippen LogP contribution in [0.5, 0.6) is 5.75 Å². The fourth-order valence-corrected chi connectivity index (χ4v) is 2.42. The monoisotopic (exact) mass is 347 g/mol. The molecule has 1 amide bonds. The summed E-state index contributed by atoms with van der Waals surface area (Å²) in [6.07, 6.45) is 0.360. The lowest BCUT2D eigenvalue weighted by Crippen LogP contribution is -2.16. The number of hydrogen-bond acceptors (Lipinski definition) is 4. The van der Waals surface area contributed by atoms with Gasteiger partial charge in [-0.05, 0) is 42.5 Å². The number of nitrogens with one attached hydrogen (secondary N) is 2. The highest BCUT2D eigenvalue weighted by atomic mass is 35.5. The van der Waals surface area contributed by atoms with Crippen LogP contribution in [0.3, 0.4) is 0 Å². The van der Waals surface area contributed by atoms with Crippen LogP contribution in [-0.4, -0.2) is 33.7 Å². The Balaban J connectivity index is 1.79. The van der Waals surface area contributed by atoms with E-state index >= 15 is 0 Å². The Morgan fingerprint density at radius 2 is 1.79 bits per heavy atom. The number of halogens is 1. The predicted octanol–water partition coefficient (Wildman–Crippen LogP) is 3.86. The van der Waals surface area contributed by atoms with E-state index in [2.05, 4.69) is 10.6 Å². The van der Waals surface area contributed by atoms with Crippen molar-refractivity contribution in [2.24, 2.45) is 0 Å². The average Bonchev–Trinajstić information content (AvgIpc) is 2.55. The molecule has 0 heterocycles. The molecule has 0 radical (unpaired) electrons. The summed E-state index contributed by atoms with van der Waals surface area (Å²) >= 11 is 6.04. The summed E-state index contributed by atoms with van der Waals surface area (Å²) < 4.78 is 5.08. The van der Waals surface area contributed by atoms with Crippen molar-refractivity contribution in [3.63, 3.8) is 0 Å². The second-order valence-electron chi connectivity index (χ2n) is 5.52. The van der Waals surface area contributed by atoms with Crippen LogP contribution in [-0.2, 0) is 4.79 Å². The Morgan fingerprint density at radius 3 is 2.38 bits per heavy atom. The molecule has 5 nitrogen and oxygen atoms in total. The number of amides is 1. The molecule has 2 N–H and O–H groups in total. The maximum absolute atomic E-state index is 12.0. The van der Waals surface area contributed by atoms with Gasteiger partial charge < -0.3 is 20.3 Å². The summed E-state index contributed by atoms with van der Waals surface area (Å²) in [6, 6.07) is 13.2. The molecular formula is C18H22ClN3O2. The first kappa shape index (κ1) is 17.9. The van der Waals surface area contributed by atoms with Crippen LogP contribution in [0.4, 0.5) is 17.1 Å². The zero-order valence-corrected chi connectivity index (χ0v) is 14.9. The Bertz CT molecular complexity index is 687. The van der Waals surface area contributed by atoms with Crippen molar-refractivity contribution in [2.75, 3.05) is 43.3 Å². The van der Waals surface area contributed by atoms with E-state index in [1.165, 1.54) is 0 Å². The first-order chi connectivity index (χ1) is 11.5. The Hall–Kier alpha value is -2.40. The van der Waals surface area contributed by atoms with Gasteiger partial charge in [-0.1, -0.05) is 11.6 Å². The van der Waals surface area contributed by atoms with Crippen LogP contribution >= 0.6 is 11.6 Å². The van der Waals surface area contributed by atoms with Gasteiger partial charge in [0.25, 0.3) is 0 Å². The summed E-state index contributed by atoms with van der Waals surface area (Å²) in [5, 5.41) is 6.52. The Labute approximate surface area is 147 Å². The lowest BCUT2D eigenvalue weighted by atomic mass is 10.2. The third kappa shape index (κ3) is 5.06. The van der Waals surface area contributed by atoms with Crippen molar-refractivity contribution in [1.82, 2.24) is 0 Å². The van der Waals surface area contributed by atoms with Crippen LogP contribution in [0.25, 0.3) is 0 Å². The fraction of sp³-hybridized carbons (Fsp3) is 0.278. The van der Waals surface area contributed by atoms with E-state index in [1.54, 1.807) is 25.3 Å². The molecule has 6 heteroatoms. The average molecular weight is 348 g/mol. The van der Waals surface area contributed by atoms with Gasteiger partial charge in [0.15, 0.2) is 0 Å². The Kier molecular flexibility index (Phi) is 6.32. The maximum atomic E-state index is 12.0. The number of anilines is 3. The minimum Gasteiger partial charge on any atom is -0.495 e. The van der Waals surface area contributed by atoms with Gasteiger partial charge in [-0.15, -0.1) is 0 Å². The zero-order chi connectivity index (χ0) is 17.5. The molecule has 0 atom stereocenters. The van der Waals surface area contributed by atoms with Gasteiger partial charge in [-0.25, -0.2) is 0 Å². The van der Waals surface area contributed by atoms with Crippen molar-refractivity contribution in [3.05, 3.63) is 47.5 Å². The molecule has 2 aromatic rings. The van der Waals surface area contributed by atoms with Gasteiger partial charge >= 0.3 is 0 Å². The minimum absolute atomic E-state index is 0.0753. The molecule has 0 aliphatic heterocycles. The molecule has 0 saturated carbocycles. The van der Waals surface area contributed by atoms with Crippen LogP contribution in [0.2, 0.25) is 5.02 Å². The molecule has 0 bridgehead atoms. The van der Waals surface area contributed by atoms with Gasteiger partial charge in [-0.3, -0.25) is 4.79 Å². The first-order valence-corrected chi connectivity index (χ1v) is 8.02. The molecule has 0 unspecified atom stereocenters. The molecule has 0 aliphatic carbocycles. The molecule has 0 saturated heterocycles. The summed E-state index contributed by atoms with van der Waals surface area (Å²) in [4.78, 5) is 14.0. The van der Waals surface area contributed by atoms with E-state index in [4.69, 9.17) is 16.3 Å². The van der Waals surface area contributed by atoms with Crippen molar-refractivity contribution < 1.29 is 9.53 Å². The fourth-order valence-electron chi connectivity index (χ4n) is 2.17. The lowest BCUT2D eigenvalue weighted by Gasteiger charge is -2.13. The van der Waals surface area contributed by atoms with Gasteiger partial charge in [-0.2, -0.15) is 0 Å². The molecule has 128 valence electrons. The van der Waals surface area contributed by atoms with E-state index in [0.717, 1.165) is 11.4 Å². The van der Waals surface area contributed by atoms with Gasteiger partial charge in [0.05, 0.1) is 12.1 Å². The highest BCUT2D eigenvalue weighted by Gasteiger charge is 2.06. The largest absolute Gasteiger partial charge is 0.495 e. The third-order valence-corrected chi connectivity index (χ3v) is 3.80. The Morgan fingerprint density at radius 1 is 1.12 bits per heavy atom. The van der Waals surface area contributed by atoms with E-state index in [1.807, 2.05) is 43.3 Å². The lowest BCUT2D eigenvalue weighted by molar-refractivity contribution is -0.115. The molecular weight excluding hydrogens is 326 g/mol. The summed E-state index contributed by atoms with van der Waals surface area (Å²) in [5.41, 5.74) is 2.77. The van der Waals surface area contributed by atoms with Crippen LogP contribution in [0, 0.1) is 0 Å². The predicted molar refractivity (Wildman–Crippen MR) is 101 cm³/mol. The maximum Gasteiger partial charge on any atom is 0.226 e. The second kappa shape index (κ2) is 8.45.